The molecule has 0 atom stereocenters. The number of aromatic nitrogens is 4. The van der Waals surface area contributed by atoms with Crippen LogP contribution in [0.1, 0.15) is 0 Å². The van der Waals surface area contributed by atoms with Crippen molar-refractivity contribution in [3.05, 3.63) is 46.7 Å². The fraction of sp³-hybridized carbons (Fsp3) is 0.312. The van der Waals surface area contributed by atoms with Crippen LogP contribution in [-0.2, 0) is 7.05 Å². The van der Waals surface area contributed by atoms with Crippen LogP contribution in [0.25, 0.3) is 11.0 Å². The molecule has 134 valence electrons. The first-order valence-electron chi connectivity index (χ1n) is 8.11. The second kappa shape index (κ2) is 6.21. The minimum absolute atomic E-state index is 0.0865. The van der Waals surface area contributed by atoms with Gasteiger partial charge in [-0.15, -0.1) is 0 Å². The molecule has 2 aromatic heterocycles. The van der Waals surface area contributed by atoms with E-state index >= 15 is 0 Å². The van der Waals surface area contributed by atoms with E-state index in [-0.39, 0.29) is 5.69 Å². The van der Waals surface area contributed by atoms with Crippen molar-refractivity contribution in [3.8, 4) is 0 Å². The van der Waals surface area contributed by atoms with Crippen LogP contribution in [0.4, 0.5) is 21.6 Å². The van der Waals surface area contributed by atoms with Crippen molar-refractivity contribution in [2.75, 3.05) is 36.0 Å². The van der Waals surface area contributed by atoms with Crippen LogP contribution in [0, 0.1) is 15.9 Å². The monoisotopic (exact) mass is 357 g/mol. The summed E-state index contributed by atoms with van der Waals surface area (Å²) in [5.41, 5.74) is 0.971. The number of halogens is 1. The summed E-state index contributed by atoms with van der Waals surface area (Å²) < 4.78 is 15.3. The topological polar surface area (TPSA) is 93.2 Å². The van der Waals surface area contributed by atoms with Crippen molar-refractivity contribution in [1.29, 1.82) is 0 Å². The zero-order chi connectivity index (χ0) is 18.3. The molecular formula is C16H16FN7O2. The van der Waals surface area contributed by atoms with Crippen LogP contribution in [0.15, 0.2) is 30.7 Å². The van der Waals surface area contributed by atoms with Crippen LogP contribution in [0.3, 0.4) is 0 Å². The summed E-state index contributed by atoms with van der Waals surface area (Å²) in [6.07, 6.45) is 3.23. The van der Waals surface area contributed by atoms with Gasteiger partial charge in [0, 0.05) is 45.4 Å². The predicted octanol–water partition coefficient (Wildman–Crippen LogP) is 1.74. The molecule has 1 aliphatic heterocycles. The van der Waals surface area contributed by atoms with Gasteiger partial charge >= 0.3 is 0 Å². The number of nitro groups is 1. The van der Waals surface area contributed by atoms with Gasteiger partial charge in [-0.1, -0.05) is 0 Å². The largest absolute Gasteiger partial charge is 0.362 e. The van der Waals surface area contributed by atoms with Gasteiger partial charge in [-0.3, -0.25) is 14.8 Å². The lowest BCUT2D eigenvalue weighted by Gasteiger charge is -2.36. The molecule has 4 rings (SSSR count). The Morgan fingerprint density at radius 3 is 2.62 bits per heavy atom. The van der Waals surface area contributed by atoms with Crippen molar-refractivity contribution in [2.24, 2.45) is 7.05 Å². The molecule has 3 heterocycles. The quantitative estimate of drug-likeness (QED) is 0.520. The maximum absolute atomic E-state index is 13.6. The summed E-state index contributed by atoms with van der Waals surface area (Å²) >= 11 is 0. The zero-order valence-electron chi connectivity index (χ0n) is 14.0. The van der Waals surface area contributed by atoms with Gasteiger partial charge in [-0.2, -0.15) is 5.10 Å². The highest BCUT2D eigenvalue weighted by molar-refractivity contribution is 5.86. The Morgan fingerprint density at radius 2 is 1.88 bits per heavy atom. The number of nitro benzene ring substituents is 1. The second-order valence-electron chi connectivity index (χ2n) is 6.07. The Bertz CT molecular complexity index is 982. The number of benzene rings is 1. The Morgan fingerprint density at radius 1 is 1.15 bits per heavy atom. The van der Waals surface area contributed by atoms with Gasteiger partial charge in [0.2, 0.25) is 0 Å². The van der Waals surface area contributed by atoms with E-state index in [1.807, 2.05) is 11.9 Å². The number of fused-ring (bicyclic) bond motifs is 1. The van der Waals surface area contributed by atoms with Gasteiger partial charge in [-0.05, 0) is 6.07 Å². The number of hydrogen-bond donors (Lipinski definition) is 0. The number of nitrogens with zero attached hydrogens (tertiary/aromatic N) is 7. The van der Waals surface area contributed by atoms with Crippen molar-refractivity contribution in [3.63, 3.8) is 0 Å². The SMILES string of the molecule is Cn1ncc2c(N3CCN(c4cc(F)ccc4[N+](=O)[O-])CC3)ncnc21. The van der Waals surface area contributed by atoms with Crippen LogP contribution in [0.5, 0.6) is 0 Å². The Balaban J connectivity index is 1.58. The summed E-state index contributed by atoms with van der Waals surface area (Å²) in [7, 11) is 1.82. The van der Waals surface area contributed by atoms with Crippen molar-refractivity contribution >= 4 is 28.2 Å². The van der Waals surface area contributed by atoms with Crippen molar-refractivity contribution in [1.82, 2.24) is 19.7 Å². The molecule has 1 aromatic carbocycles. The summed E-state index contributed by atoms with van der Waals surface area (Å²) in [6.45, 7) is 2.26. The molecule has 0 amide bonds. The normalized spacial score (nSPS) is 14.8. The smallest absolute Gasteiger partial charge is 0.292 e. The van der Waals surface area contributed by atoms with E-state index < -0.39 is 10.7 Å². The highest BCUT2D eigenvalue weighted by atomic mass is 19.1. The zero-order valence-corrected chi connectivity index (χ0v) is 14.0. The first-order valence-corrected chi connectivity index (χ1v) is 8.11. The molecule has 0 unspecified atom stereocenters. The van der Waals surface area contributed by atoms with Gasteiger partial charge in [0.25, 0.3) is 5.69 Å². The van der Waals surface area contributed by atoms with Gasteiger partial charge < -0.3 is 9.80 Å². The second-order valence-corrected chi connectivity index (χ2v) is 6.07. The summed E-state index contributed by atoms with van der Waals surface area (Å²) in [6, 6.07) is 3.54. The molecule has 0 saturated carbocycles. The van der Waals surface area contributed by atoms with E-state index in [9.17, 15) is 14.5 Å². The lowest BCUT2D eigenvalue weighted by Crippen LogP contribution is -2.47. The first kappa shape index (κ1) is 16.2. The van der Waals surface area contributed by atoms with E-state index in [1.165, 1.54) is 18.5 Å². The molecule has 26 heavy (non-hydrogen) atoms. The average molecular weight is 357 g/mol. The Hall–Kier alpha value is -3.30. The number of rotatable bonds is 3. The van der Waals surface area contributed by atoms with E-state index in [1.54, 1.807) is 10.9 Å². The predicted molar refractivity (Wildman–Crippen MR) is 93.8 cm³/mol. The van der Waals surface area contributed by atoms with Crippen LogP contribution in [-0.4, -0.2) is 50.9 Å². The first-order chi connectivity index (χ1) is 12.5. The van der Waals surface area contributed by atoms with E-state index in [4.69, 9.17) is 0 Å². The molecule has 10 heteroatoms. The number of aryl methyl sites for hydroxylation is 1. The molecule has 0 bridgehead atoms. The molecule has 9 nitrogen and oxygen atoms in total. The van der Waals surface area contributed by atoms with Crippen molar-refractivity contribution < 1.29 is 9.31 Å². The molecule has 0 N–H and O–H groups in total. The third-order valence-electron chi connectivity index (χ3n) is 4.56. The minimum atomic E-state index is -0.485. The lowest BCUT2D eigenvalue weighted by molar-refractivity contribution is -0.384. The van der Waals surface area contributed by atoms with Crippen molar-refractivity contribution in [2.45, 2.75) is 0 Å². The molecule has 0 spiro atoms. The molecule has 1 saturated heterocycles. The van der Waals surface area contributed by atoms with E-state index in [0.29, 0.717) is 31.9 Å². The fourth-order valence-electron chi connectivity index (χ4n) is 3.27. The molecule has 1 fully saturated rings. The Kier molecular flexibility index (Phi) is 3.86. The summed E-state index contributed by atoms with van der Waals surface area (Å²) in [5, 5.41) is 16.3. The number of anilines is 2. The van der Waals surface area contributed by atoms with Crippen LogP contribution in [0.2, 0.25) is 0 Å². The fourth-order valence-corrected chi connectivity index (χ4v) is 3.27. The van der Waals surface area contributed by atoms with Crippen LogP contribution >= 0.6 is 0 Å². The molecular weight excluding hydrogens is 341 g/mol. The lowest BCUT2D eigenvalue weighted by atomic mass is 10.2. The van der Waals surface area contributed by atoms with Gasteiger partial charge in [0.15, 0.2) is 5.65 Å². The molecule has 3 aromatic rings. The van der Waals surface area contributed by atoms with Gasteiger partial charge in [0.05, 0.1) is 16.5 Å². The highest BCUT2D eigenvalue weighted by Crippen LogP contribution is 2.31. The molecule has 1 aliphatic rings. The van der Waals surface area contributed by atoms with E-state index in [0.717, 1.165) is 22.9 Å². The highest BCUT2D eigenvalue weighted by Gasteiger charge is 2.26. The van der Waals surface area contributed by atoms with Crippen LogP contribution < -0.4 is 9.80 Å². The third kappa shape index (κ3) is 2.68. The maximum Gasteiger partial charge on any atom is 0.292 e. The molecule has 0 radical (unpaired) electrons. The minimum Gasteiger partial charge on any atom is -0.362 e. The third-order valence-corrected chi connectivity index (χ3v) is 4.56. The molecule has 0 aliphatic carbocycles. The number of piperazine rings is 1. The summed E-state index contributed by atoms with van der Waals surface area (Å²) in [4.78, 5) is 23.3. The van der Waals surface area contributed by atoms with Gasteiger partial charge in [-0.25, -0.2) is 14.4 Å². The Labute approximate surface area is 147 Å². The number of hydrogen-bond acceptors (Lipinski definition) is 7. The summed E-state index contributed by atoms with van der Waals surface area (Å²) in [5.74, 6) is 0.303. The maximum atomic E-state index is 13.6. The standard InChI is InChI=1S/C16H16FN7O2/c1-21-15-12(9-20-21)16(19-10-18-15)23-6-4-22(5-7-23)14-8-11(17)2-3-13(14)24(25)26/h2-3,8-10H,4-7H2,1H3. The van der Waals surface area contributed by atoms with Gasteiger partial charge in [0.1, 0.15) is 23.6 Å². The van der Waals surface area contributed by atoms with E-state index in [2.05, 4.69) is 20.0 Å². The average Bonchev–Trinajstić information content (AvgIpc) is 3.03.